The average molecular weight is 862 g/mol. The molecule has 0 bridgehead atoms. The zero-order valence-corrected chi connectivity index (χ0v) is 36.1. The molecule has 0 saturated carbocycles. The van der Waals surface area contributed by atoms with Crippen molar-refractivity contribution in [3.8, 4) is 11.5 Å². The standard InChI is InChI=1S/C48H55N5O10/c1-5-52-30-41(45(57)40-24-15-32(2)50-46(40)52)47(58)49-27-11-7-10-14-43(55)53-29-39(63-44(56)26-25-42(54)51-59)28-36(53)31-62-48(33-12-8-6-9-13-33,34-16-20-37(60-3)21-17-34)35-18-22-38(61-4)23-19-35/h6,8-9,12-13,15-24,30,36,39,59H,5,7,10-11,14,25-29,31H2,1-4H3,(H,49,58)(H,51,54)/t36-,39+/m0/s1. The maximum absolute atomic E-state index is 14.1. The van der Waals surface area contributed by atoms with Gasteiger partial charge in [0.05, 0.1) is 45.2 Å². The number of hydroxylamine groups is 1. The highest BCUT2D eigenvalue weighted by Gasteiger charge is 2.42. The molecular weight excluding hydrogens is 807 g/mol. The second-order valence-electron chi connectivity index (χ2n) is 15.4. The van der Waals surface area contributed by atoms with Crippen LogP contribution in [0.3, 0.4) is 0 Å². The molecule has 3 amide bonds. The molecule has 1 saturated heterocycles. The molecule has 15 heteroatoms. The normalized spacial score (nSPS) is 14.9. The Morgan fingerprint density at radius 1 is 0.825 bits per heavy atom. The summed E-state index contributed by atoms with van der Waals surface area (Å²) in [6.45, 7) is 4.81. The zero-order valence-electron chi connectivity index (χ0n) is 36.1. The molecule has 3 N–H and O–H groups in total. The number of carbonyl (C=O) groups excluding carboxylic acids is 4. The number of amides is 3. The van der Waals surface area contributed by atoms with Gasteiger partial charge in [-0.2, -0.15) is 0 Å². The summed E-state index contributed by atoms with van der Waals surface area (Å²) in [6, 6.07) is 28.0. The summed E-state index contributed by atoms with van der Waals surface area (Å²) >= 11 is 0. The fourth-order valence-corrected chi connectivity index (χ4v) is 8.02. The van der Waals surface area contributed by atoms with Crippen molar-refractivity contribution < 1.29 is 43.3 Å². The van der Waals surface area contributed by atoms with Crippen LogP contribution < -0.4 is 25.7 Å². The minimum atomic E-state index is -1.15. The number of pyridine rings is 2. The molecular formula is C48H55N5O10. The smallest absolute Gasteiger partial charge is 0.306 e. The lowest BCUT2D eigenvalue weighted by Crippen LogP contribution is -2.42. The number of benzene rings is 3. The van der Waals surface area contributed by atoms with Crippen LogP contribution in [0.2, 0.25) is 0 Å². The summed E-state index contributed by atoms with van der Waals surface area (Å²) in [5, 5.41) is 12.1. The van der Waals surface area contributed by atoms with Gasteiger partial charge in [-0.15, -0.1) is 0 Å². The van der Waals surface area contributed by atoms with E-state index in [2.05, 4.69) is 10.3 Å². The van der Waals surface area contributed by atoms with Crippen molar-refractivity contribution in [2.75, 3.05) is 33.9 Å². The lowest BCUT2D eigenvalue weighted by Gasteiger charge is -2.38. The van der Waals surface area contributed by atoms with E-state index in [1.165, 1.54) is 5.48 Å². The molecule has 0 spiro atoms. The number of fused-ring (bicyclic) bond motifs is 1. The molecule has 6 rings (SSSR count). The van der Waals surface area contributed by atoms with E-state index in [0.717, 1.165) is 22.4 Å². The highest BCUT2D eigenvalue weighted by atomic mass is 16.5. The zero-order chi connectivity index (χ0) is 44.9. The van der Waals surface area contributed by atoms with Crippen molar-refractivity contribution in [3.05, 3.63) is 135 Å². The van der Waals surface area contributed by atoms with Gasteiger partial charge >= 0.3 is 5.97 Å². The topological polar surface area (TPSA) is 188 Å². The fourth-order valence-electron chi connectivity index (χ4n) is 8.02. The Morgan fingerprint density at radius 3 is 2.10 bits per heavy atom. The predicted octanol–water partition coefficient (Wildman–Crippen LogP) is 5.84. The number of aromatic nitrogens is 2. The molecule has 2 atom stereocenters. The van der Waals surface area contributed by atoms with Crippen molar-refractivity contribution in [2.45, 2.75) is 83.1 Å². The van der Waals surface area contributed by atoms with Crippen LogP contribution in [-0.4, -0.2) is 89.4 Å². The van der Waals surface area contributed by atoms with Crippen LogP contribution >= 0.6 is 0 Å². The molecule has 1 aliphatic rings. The first-order valence-electron chi connectivity index (χ1n) is 21.2. The molecule has 0 radical (unpaired) electrons. The highest BCUT2D eigenvalue weighted by molar-refractivity contribution is 5.96. The van der Waals surface area contributed by atoms with Gasteiger partial charge in [0.25, 0.3) is 5.91 Å². The predicted molar refractivity (Wildman–Crippen MR) is 235 cm³/mol. The Kier molecular flexibility index (Phi) is 15.7. The van der Waals surface area contributed by atoms with E-state index in [1.807, 2.05) is 92.7 Å². The third-order valence-electron chi connectivity index (χ3n) is 11.3. The van der Waals surface area contributed by atoms with Gasteiger partial charge in [0.2, 0.25) is 17.2 Å². The second kappa shape index (κ2) is 21.5. The number of hydrogen-bond donors (Lipinski definition) is 3. The third kappa shape index (κ3) is 10.9. The molecule has 1 fully saturated rings. The van der Waals surface area contributed by atoms with Crippen molar-refractivity contribution >= 4 is 34.7 Å². The van der Waals surface area contributed by atoms with Gasteiger partial charge in [0.15, 0.2) is 0 Å². The maximum atomic E-state index is 14.1. The van der Waals surface area contributed by atoms with Gasteiger partial charge in [0, 0.05) is 44.2 Å². The van der Waals surface area contributed by atoms with E-state index in [4.69, 9.17) is 24.2 Å². The van der Waals surface area contributed by atoms with Crippen LogP contribution in [0.5, 0.6) is 11.5 Å². The Bertz CT molecular complexity index is 2370. The molecule has 15 nitrogen and oxygen atoms in total. The number of unbranched alkanes of at least 4 members (excludes halogenated alkanes) is 2. The Labute approximate surface area is 366 Å². The Hall–Kier alpha value is -6.58. The van der Waals surface area contributed by atoms with E-state index in [-0.39, 0.29) is 55.7 Å². The maximum Gasteiger partial charge on any atom is 0.306 e. The Morgan fingerprint density at radius 2 is 1.48 bits per heavy atom. The lowest BCUT2D eigenvalue weighted by atomic mass is 9.80. The van der Waals surface area contributed by atoms with Crippen LogP contribution in [0.4, 0.5) is 0 Å². The van der Waals surface area contributed by atoms with Crippen LogP contribution in [0.15, 0.2) is 102 Å². The first-order chi connectivity index (χ1) is 30.5. The van der Waals surface area contributed by atoms with Gasteiger partial charge in [-0.3, -0.25) is 29.2 Å². The van der Waals surface area contributed by atoms with Gasteiger partial charge in [0.1, 0.15) is 34.4 Å². The molecule has 332 valence electrons. The first-order valence-corrected chi connectivity index (χ1v) is 21.2. The summed E-state index contributed by atoms with van der Waals surface area (Å²) in [4.78, 5) is 71.1. The summed E-state index contributed by atoms with van der Waals surface area (Å²) < 4.78 is 25.7. The molecule has 2 aromatic heterocycles. The number of methoxy groups -OCH3 is 2. The second-order valence-corrected chi connectivity index (χ2v) is 15.4. The summed E-state index contributed by atoms with van der Waals surface area (Å²) in [6.07, 6.45) is 2.60. The quantitative estimate of drug-likeness (QED) is 0.0281. The van der Waals surface area contributed by atoms with Crippen LogP contribution in [0.1, 0.15) is 84.6 Å². The van der Waals surface area contributed by atoms with E-state index < -0.39 is 35.5 Å². The number of esters is 1. The van der Waals surface area contributed by atoms with E-state index in [1.54, 1.807) is 42.0 Å². The van der Waals surface area contributed by atoms with Crippen molar-refractivity contribution in [2.24, 2.45) is 0 Å². The first kappa shape index (κ1) is 45.9. The summed E-state index contributed by atoms with van der Waals surface area (Å²) in [5.74, 6) is -0.606. The minimum absolute atomic E-state index is 0.0506. The molecule has 3 heterocycles. The average Bonchev–Trinajstić information content (AvgIpc) is 3.72. The van der Waals surface area contributed by atoms with Gasteiger partial charge in [-0.05, 0) is 79.8 Å². The number of hydrogen-bond acceptors (Lipinski definition) is 11. The van der Waals surface area contributed by atoms with E-state index in [9.17, 15) is 24.0 Å². The highest BCUT2D eigenvalue weighted by Crippen LogP contribution is 2.42. The van der Waals surface area contributed by atoms with Crippen molar-refractivity contribution in [1.29, 1.82) is 0 Å². The monoisotopic (exact) mass is 861 g/mol. The molecule has 63 heavy (non-hydrogen) atoms. The van der Waals surface area contributed by atoms with E-state index in [0.29, 0.717) is 54.9 Å². The van der Waals surface area contributed by atoms with Crippen molar-refractivity contribution in [3.63, 3.8) is 0 Å². The van der Waals surface area contributed by atoms with Crippen LogP contribution in [0, 0.1) is 6.92 Å². The molecule has 5 aromatic rings. The number of likely N-dealkylation sites (tertiary alicyclic amines) is 1. The minimum Gasteiger partial charge on any atom is -0.497 e. The number of nitrogens with zero attached hydrogens (tertiary/aromatic N) is 3. The van der Waals surface area contributed by atoms with Gasteiger partial charge in [-0.1, -0.05) is 61.0 Å². The van der Waals surface area contributed by atoms with Crippen molar-refractivity contribution in [1.82, 2.24) is 25.2 Å². The number of rotatable bonds is 20. The van der Waals surface area contributed by atoms with Crippen LogP contribution in [0.25, 0.3) is 11.0 Å². The lowest BCUT2D eigenvalue weighted by molar-refractivity contribution is -0.150. The number of nitrogens with one attached hydrogen (secondary N) is 2. The molecule has 3 aromatic carbocycles. The van der Waals surface area contributed by atoms with E-state index >= 15 is 0 Å². The number of aryl methyl sites for hydroxylation is 2. The summed E-state index contributed by atoms with van der Waals surface area (Å²) in [7, 11) is 3.20. The molecule has 0 unspecified atom stereocenters. The SMILES string of the molecule is CCn1cc(C(=O)NCCCCCC(=O)N2C[C@H](OC(=O)CCC(=O)NO)C[C@H]2COC(c2ccccc2)(c2ccc(OC)cc2)c2ccc(OC)cc2)c(=O)c2ccc(C)nc21. The number of ether oxygens (including phenoxy) is 4. The molecule has 0 aliphatic carbocycles. The van der Waals surface area contributed by atoms with Gasteiger partial charge < -0.3 is 33.7 Å². The fraction of sp³-hybridized carbons (Fsp3) is 0.375. The third-order valence-corrected chi connectivity index (χ3v) is 11.3. The van der Waals surface area contributed by atoms with Gasteiger partial charge in [-0.25, -0.2) is 10.5 Å². The Balaban J connectivity index is 1.17. The number of carbonyl (C=O) groups is 4. The summed E-state index contributed by atoms with van der Waals surface area (Å²) in [5.41, 5.74) is 3.84. The molecule has 1 aliphatic heterocycles. The van der Waals surface area contributed by atoms with Crippen LogP contribution in [-0.2, 0) is 36.0 Å². The largest absolute Gasteiger partial charge is 0.497 e.